The molecule has 0 aliphatic heterocycles. The van der Waals surface area contributed by atoms with Crippen molar-refractivity contribution in [3.05, 3.63) is 28.8 Å². The fourth-order valence-corrected chi connectivity index (χ4v) is 3.63. The van der Waals surface area contributed by atoms with Gasteiger partial charge in [-0.15, -0.1) is 12.4 Å². The molecule has 0 heterocycles. The third-order valence-corrected chi connectivity index (χ3v) is 4.45. The second-order valence-corrected chi connectivity index (χ2v) is 6.20. The minimum atomic E-state index is 0. The van der Waals surface area contributed by atoms with E-state index < -0.39 is 0 Å². The van der Waals surface area contributed by atoms with Crippen LogP contribution in [0.1, 0.15) is 38.2 Å². The Hall–Kier alpha value is -0.770. The van der Waals surface area contributed by atoms with E-state index >= 15 is 0 Å². The molecule has 1 aromatic rings. The van der Waals surface area contributed by atoms with Crippen molar-refractivity contribution < 1.29 is 4.79 Å². The Morgan fingerprint density at radius 1 is 1.42 bits per heavy atom. The maximum absolute atomic E-state index is 11.6. The molecule has 3 nitrogen and oxygen atoms in total. The van der Waals surface area contributed by atoms with E-state index in [4.69, 9.17) is 17.3 Å². The number of amides is 1. The number of rotatable bonds is 3. The molecule has 3 N–H and O–H groups in total. The van der Waals surface area contributed by atoms with Crippen LogP contribution < -0.4 is 11.1 Å². The van der Waals surface area contributed by atoms with Crippen LogP contribution >= 0.6 is 24.0 Å². The van der Waals surface area contributed by atoms with Crippen molar-refractivity contribution in [2.45, 2.75) is 43.6 Å². The van der Waals surface area contributed by atoms with Crippen LogP contribution in [0.2, 0.25) is 5.02 Å². The molecule has 0 radical (unpaired) electrons. The lowest BCUT2D eigenvalue weighted by molar-refractivity contribution is -0.115. The summed E-state index contributed by atoms with van der Waals surface area (Å²) >= 11 is 6.08. The van der Waals surface area contributed by atoms with Gasteiger partial charge in [0.15, 0.2) is 0 Å². The van der Waals surface area contributed by atoms with Gasteiger partial charge in [-0.3, -0.25) is 4.79 Å². The fraction of sp³-hybridized carbons (Fsp3) is 0.500. The van der Waals surface area contributed by atoms with Crippen LogP contribution in [0.25, 0.3) is 0 Å². The van der Waals surface area contributed by atoms with Crippen molar-refractivity contribution in [1.29, 1.82) is 0 Å². The van der Waals surface area contributed by atoms with Gasteiger partial charge in [0.2, 0.25) is 5.91 Å². The van der Waals surface area contributed by atoms with Gasteiger partial charge in [-0.1, -0.05) is 18.5 Å². The van der Waals surface area contributed by atoms with Crippen molar-refractivity contribution in [3.63, 3.8) is 0 Å². The van der Waals surface area contributed by atoms with Crippen LogP contribution in [0.4, 0.5) is 5.69 Å². The highest BCUT2D eigenvalue weighted by atomic mass is 35.5. The summed E-state index contributed by atoms with van der Waals surface area (Å²) in [7, 11) is 0. The molecule has 1 aromatic carbocycles. The van der Waals surface area contributed by atoms with Gasteiger partial charge in [-0.05, 0) is 43.0 Å². The number of nitrogens with two attached hydrogens (primary N) is 1. The number of anilines is 1. The van der Waals surface area contributed by atoms with Crippen LogP contribution in [0.15, 0.2) is 18.2 Å². The third-order valence-electron chi connectivity index (χ3n) is 4.22. The summed E-state index contributed by atoms with van der Waals surface area (Å²) in [6.07, 6.45) is 3.51. The number of halogens is 2. The first-order valence-corrected chi connectivity index (χ1v) is 6.73. The van der Waals surface area contributed by atoms with E-state index in [1.54, 1.807) is 0 Å². The largest absolute Gasteiger partial charge is 0.326 e. The average Bonchev–Trinajstić information content (AvgIpc) is 2.26. The Morgan fingerprint density at radius 3 is 2.58 bits per heavy atom. The van der Waals surface area contributed by atoms with Gasteiger partial charge < -0.3 is 11.1 Å². The van der Waals surface area contributed by atoms with Crippen molar-refractivity contribution >= 4 is 35.6 Å². The van der Waals surface area contributed by atoms with Gasteiger partial charge in [0.1, 0.15) is 0 Å². The molecule has 3 aliphatic carbocycles. The van der Waals surface area contributed by atoms with Crippen LogP contribution in [0.3, 0.4) is 0 Å². The van der Waals surface area contributed by atoms with Crippen molar-refractivity contribution in [3.8, 4) is 0 Å². The van der Waals surface area contributed by atoms with Gasteiger partial charge in [0.05, 0.1) is 0 Å². The number of hydrogen-bond donors (Lipinski definition) is 2. The monoisotopic (exact) mass is 300 g/mol. The minimum absolute atomic E-state index is 0. The number of benzene rings is 1. The van der Waals surface area contributed by atoms with Crippen molar-refractivity contribution in [1.82, 2.24) is 0 Å². The summed E-state index contributed by atoms with van der Waals surface area (Å²) in [5.74, 6) is 0.0348. The first kappa shape index (κ1) is 14.6. The predicted octanol–water partition coefficient (Wildman–Crippen LogP) is 3.24. The van der Waals surface area contributed by atoms with Gasteiger partial charge in [0.25, 0.3) is 0 Å². The molecule has 2 bridgehead atoms. The molecule has 3 fully saturated rings. The van der Waals surface area contributed by atoms with E-state index in [0.29, 0.717) is 6.42 Å². The number of carbonyl (C=O) groups is 1. The molecule has 3 aliphatic rings. The quantitative estimate of drug-likeness (QED) is 0.900. The van der Waals surface area contributed by atoms with Crippen LogP contribution in [0, 0.1) is 0 Å². The lowest BCUT2D eigenvalue weighted by atomic mass is 9.38. The molecule has 1 amide bonds. The molecule has 104 valence electrons. The van der Waals surface area contributed by atoms with E-state index in [2.05, 4.69) is 5.32 Å². The predicted molar refractivity (Wildman–Crippen MR) is 80.1 cm³/mol. The summed E-state index contributed by atoms with van der Waals surface area (Å²) in [6.45, 7) is 1.85. The lowest BCUT2D eigenvalue weighted by Crippen LogP contribution is -2.74. The topological polar surface area (TPSA) is 55.1 Å². The number of carbonyl (C=O) groups excluding carboxylic acids is 1. The van der Waals surface area contributed by atoms with Crippen molar-refractivity contribution in [2.75, 3.05) is 5.32 Å². The minimum Gasteiger partial charge on any atom is -0.326 e. The maximum atomic E-state index is 11.6. The van der Waals surface area contributed by atoms with E-state index in [1.165, 1.54) is 0 Å². The standard InChI is InChI=1S/C14H17ClN2O.ClH/c1-2-12(18)17-11-4-3-9(15)5-10(11)13-6-14(16,7-13)8-13;/h3-5H,2,6-8,16H2,1H3,(H,17,18);1H. The summed E-state index contributed by atoms with van der Waals surface area (Å²) in [4.78, 5) is 11.6. The Morgan fingerprint density at radius 2 is 2.05 bits per heavy atom. The Kier molecular flexibility index (Phi) is 3.58. The van der Waals surface area contributed by atoms with Crippen molar-refractivity contribution in [2.24, 2.45) is 5.73 Å². The smallest absolute Gasteiger partial charge is 0.224 e. The Labute approximate surface area is 124 Å². The molecule has 19 heavy (non-hydrogen) atoms. The second kappa shape index (κ2) is 4.65. The normalized spacial score (nSPS) is 30.7. The molecule has 0 spiro atoms. The van der Waals surface area contributed by atoms with Gasteiger partial charge in [-0.25, -0.2) is 0 Å². The first-order chi connectivity index (χ1) is 8.46. The lowest BCUT2D eigenvalue weighted by Gasteiger charge is -2.69. The molecule has 0 aromatic heterocycles. The van der Waals surface area contributed by atoms with Crippen LogP contribution in [0.5, 0.6) is 0 Å². The molecule has 4 rings (SSSR count). The van der Waals surface area contributed by atoms with E-state index in [1.807, 2.05) is 25.1 Å². The highest BCUT2D eigenvalue weighted by molar-refractivity contribution is 6.30. The highest BCUT2D eigenvalue weighted by Gasteiger charge is 2.66. The number of nitrogens with one attached hydrogen (secondary N) is 1. The van der Waals surface area contributed by atoms with Gasteiger partial charge >= 0.3 is 0 Å². The Balaban J connectivity index is 0.00000133. The first-order valence-electron chi connectivity index (χ1n) is 6.35. The zero-order valence-electron chi connectivity index (χ0n) is 10.8. The second-order valence-electron chi connectivity index (χ2n) is 5.76. The zero-order valence-corrected chi connectivity index (χ0v) is 12.4. The van der Waals surface area contributed by atoms with E-state index in [9.17, 15) is 4.79 Å². The molecule has 5 heteroatoms. The SMILES string of the molecule is CCC(=O)Nc1ccc(Cl)cc1C12CC(N)(C1)C2.Cl. The molecular weight excluding hydrogens is 283 g/mol. The molecule has 0 unspecified atom stereocenters. The summed E-state index contributed by atoms with van der Waals surface area (Å²) < 4.78 is 0. The third kappa shape index (κ3) is 2.24. The maximum Gasteiger partial charge on any atom is 0.224 e. The summed E-state index contributed by atoms with van der Waals surface area (Å²) in [6, 6.07) is 5.69. The fourth-order valence-electron chi connectivity index (χ4n) is 3.45. The summed E-state index contributed by atoms with van der Waals surface area (Å²) in [5.41, 5.74) is 8.37. The van der Waals surface area contributed by atoms with Crippen LogP contribution in [-0.4, -0.2) is 11.4 Å². The average molecular weight is 301 g/mol. The molecule has 3 saturated carbocycles. The van der Waals surface area contributed by atoms with E-state index in [-0.39, 0.29) is 29.3 Å². The number of hydrogen-bond acceptors (Lipinski definition) is 2. The Bertz CT molecular complexity index is 510. The molecular formula is C14H18Cl2N2O. The highest BCUT2D eigenvalue weighted by Crippen LogP contribution is 2.67. The molecule has 0 saturated heterocycles. The molecule has 0 atom stereocenters. The van der Waals surface area contributed by atoms with Gasteiger partial charge in [0, 0.05) is 28.1 Å². The van der Waals surface area contributed by atoms with Crippen LogP contribution in [-0.2, 0) is 10.2 Å². The zero-order chi connectivity index (χ0) is 13.0. The van der Waals surface area contributed by atoms with Gasteiger partial charge in [-0.2, -0.15) is 0 Å². The van der Waals surface area contributed by atoms with E-state index in [0.717, 1.165) is 35.5 Å². The summed E-state index contributed by atoms with van der Waals surface area (Å²) in [5, 5.41) is 3.68.